The van der Waals surface area contributed by atoms with E-state index in [0.717, 1.165) is 18.5 Å². The molecule has 1 fully saturated rings. The van der Waals surface area contributed by atoms with E-state index in [2.05, 4.69) is 62.4 Å². The van der Waals surface area contributed by atoms with Gasteiger partial charge in [0.1, 0.15) is 0 Å². The minimum atomic E-state index is 0.562. The summed E-state index contributed by atoms with van der Waals surface area (Å²) < 4.78 is 0. The number of hydrogen-bond acceptors (Lipinski definition) is 2. The number of hydrogen-bond donors (Lipinski definition) is 1. The quantitative estimate of drug-likeness (QED) is 0.845. The maximum absolute atomic E-state index is 3.43. The molecule has 1 aliphatic rings. The molecule has 1 aromatic rings. The van der Waals surface area contributed by atoms with Gasteiger partial charge in [-0.15, -0.1) is 0 Å². The molecule has 21 heavy (non-hydrogen) atoms. The van der Waals surface area contributed by atoms with Gasteiger partial charge in [0.25, 0.3) is 0 Å². The van der Waals surface area contributed by atoms with Crippen molar-refractivity contribution in [2.24, 2.45) is 0 Å². The van der Waals surface area contributed by atoms with Gasteiger partial charge in [-0.1, -0.05) is 38.1 Å². The van der Waals surface area contributed by atoms with Gasteiger partial charge < -0.3 is 5.32 Å². The summed E-state index contributed by atoms with van der Waals surface area (Å²) in [5.74, 6) is 0. The second kappa shape index (κ2) is 7.95. The van der Waals surface area contributed by atoms with Crippen molar-refractivity contribution in [2.75, 3.05) is 14.1 Å². The van der Waals surface area contributed by atoms with Crippen molar-refractivity contribution in [3.8, 4) is 0 Å². The first kappa shape index (κ1) is 16.5. The first-order chi connectivity index (χ1) is 10.2. The van der Waals surface area contributed by atoms with Crippen molar-refractivity contribution in [3.05, 3.63) is 35.4 Å². The van der Waals surface area contributed by atoms with E-state index in [1.54, 1.807) is 0 Å². The minimum Gasteiger partial charge on any atom is -0.317 e. The van der Waals surface area contributed by atoms with Crippen LogP contribution in [0.1, 0.15) is 63.1 Å². The number of nitrogens with zero attached hydrogens (tertiary/aromatic N) is 1. The highest BCUT2D eigenvalue weighted by Gasteiger charge is 2.27. The lowest BCUT2D eigenvalue weighted by Crippen LogP contribution is -2.41. The molecular formula is C19H32N2. The van der Waals surface area contributed by atoms with Crippen LogP contribution in [0.15, 0.2) is 24.3 Å². The topological polar surface area (TPSA) is 15.3 Å². The normalized spacial score (nSPS) is 24.2. The van der Waals surface area contributed by atoms with E-state index in [-0.39, 0.29) is 0 Å². The van der Waals surface area contributed by atoms with Crippen LogP contribution >= 0.6 is 0 Å². The minimum absolute atomic E-state index is 0.562. The molecule has 1 N–H and O–H groups in total. The Hall–Kier alpha value is -0.860. The molecule has 1 aliphatic carbocycles. The fraction of sp³-hybridized carbons (Fsp3) is 0.684. The van der Waals surface area contributed by atoms with Crippen LogP contribution in [-0.2, 0) is 6.42 Å². The SMILES string of the molecule is CCc1ccc(C(CC)N(C)C2CCC(NC)CC2)cc1. The molecule has 2 nitrogen and oxygen atoms in total. The predicted octanol–water partition coefficient (Wildman–Crippen LogP) is 4.16. The third-order valence-corrected chi connectivity index (χ3v) is 5.33. The van der Waals surface area contributed by atoms with Crippen LogP contribution < -0.4 is 5.32 Å². The molecule has 2 heteroatoms. The molecule has 0 bridgehead atoms. The van der Waals surface area contributed by atoms with Gasteiger partial charge in [0.15, 0.2) is 0 Å². The second-order valence-electron chi connectivity index (χ2n) is 6.48. The fourth-order valence-electron chi connectivity index (χ4n) is 3.76. The van der Waals surface area contributed by atoms with Gasteiger partial charge in [-0.3, -0.25) is 4.90 Å². The second-order valence-corrected chi connectivity index (χ2v) is 6.48. The first-order valence-corrected chi connectivity index (χ1v) is 8.67. The zero-order valence-corrected chi connectivity index (χ0v) is 14.2. The molecule has 0 radical (unpaired) electrons. The Kier molecular flexibility index (Phi) is 6.25. The lowest BCUT2D eigenvalue weighted by Gasteiger charge is -2.39. The summed E-state index contributed by atoms with van der Waals surface area (Å²) in [6.45, 7) is 4.53. The number of aryl methyl sites for hydroxylation is 1. The van der Waals surface area contributed by atoms with E-state index in [1.807, 2.05) is 0 Å². The predicted molar refractivity (Wildman–Crippen MR) is 91.7 cm³/mol. The van der Waals surface area contributed by atoms with E-state index in [1.165, 1.54) is 43.2 Å². The molecule has 118 valence electrons. The lowest BCUT2D eigenvalue weighted by atomic mass is 9.88. The average Bonchev–Trinajstić information content (AvgIpc) is 2.56. The Bertz CT molecular complexity index is 404. The number of benzene rings is 1. The zero-order valence-electron chi connectivity index (χ0n) is 14.2. The molecule has 0 aliphatic heterocycles. The highest BCUT2D eigenvalue weighted by Crippen LogP contribution is 2.31. The summed E-state index contributed by atoms with van der Waals surface area (Å²) in [6, 6.07) is 11.3. The van der Waals surface area contributed by atoms with Crippen LogP contribution in [0.5, 0.6) is 0 Å². The molecule has 1 aromatic carbocycles. The van der Waals surface area contributed by atoms with Crippen LogP contribution in [0.4, 0.5) is 0 Å². The van der Waals surface area contributed by atoms with Crippen molar-refractivity contribution in [3.63, 3.8) is 0 Å². The zero-order chi connectivity index (χ0) is 15.2. The Labute approximate surface area is 130 Å². The number of nitrogens with one attached hydrogen (secondary N) is 1. The Morgan fingerprint density at radius 3 is 2.19 bits per heavy atom. The monoisotopic (exact) mass is 288 g/mol. The van der Waals surface area contributed by atoms with Crippen molar-refractivity contribution >= 4 is 0 Å². The van der Waals surface area contributed by atoms with E-state index in [4.69, 9.17) is 0 Å². The largest absolute Gasteiger partial charge is 0.317 e. The maximum atomic E-state index is 3.43. The van der Waals surface area contributed by atoms with E-state index in [9.17, 15) is 0 Å². The van der Waals surface area contributed by atoms with Crippen molar-refractivity contribution in [2.45, 2.75) is 70.5 Å². The number of rotatable bonds is 6. The van der Waals surface area contributed by atoms with Crippen LogP contribution in [-0.4, -0.2) is 31.1 Å². The Morgan fingerprint density at radius 2 is 1.71 bits per heavy atom. The van der Waals surface area contributed by atoms with Crippen molar-refractivity contribution in [1.82, 2.24) is 10.2 Å². The molecule has 0 heterocycles. The highest BCUT2D eigenvalue weighted by molar-refractivity contribution is 5.25. The summed E-state index contributed by atoms with van der Waals surface area (Å²) >= 11 is 0. The van der Waals surface area contributed by atoms with Gasteiger partial charge in [0.05, 0.1) is 0 Å². The highest BCUT2D eigenvalue weighted by atomic mass is 15.2. The molecule has 0 saturated heterocycles. The van der Waals surface area contributed by atoms with Crippen LogP contribution in [0, 0.1) is 0 Å². The van der Waals surface area contributed by atoms with Gasteiger partial charge in [-0.25, -0.2) is 0 Å². The Balaban J connectivity index is 2.02. The fourth-order valence-corrected chi connectivity index (χ4v) is 3.76. The molecule has 0 aromatic heterocycles. The third-order valence-electron chi connectivity index (χ3n) is 5.33. The summed E-state index contributed by atoms with van der Waals surface area (Å²) in [6.07, 6.45) is 7.60. The van der Waals surface area contributed by atoms with Crippen LogP contribution in [0.25, 0.3) is 0 Å². The Morgan fingerprint density at radius 1 is 1.10 bits per heavy atom. The molecule has 1 atom stereocenters. The molecular weight excluding hydrogens is 256 g/mol. The van der Waals surface area contributed by atoms with E-state index >= 15 is 0 Å². The van der Waals surface area contributed by atoms with Crippen LogP contribution in [0.2, 0.25) is 0 Å². The summed E-state index contributed by atoms with van der Waals surface area (Å²) in [4.78, 5) is 2.63. The smallest absolute Gasteiger partial charge is 0.0345 e. The van der Waals surface area contributed by atoms with Crippen molar-refractivity contribution in [1.29, 1.82) is 0 Å². The van der Waals surface area contributed by atoms with Gasteiger partial charge in [0, 0.05) is 18.1 Å². The average molecular weight is 288 g/mol. The molecule has 2 rings (SSSR count). The molecule has 1 saturated carbocycles. The van der Waals surface area contributed by atoms with Gasteiger partial charge in [-0.2, -0.15) is 0 Å². The maximum Gasteiger partial charge on any atom is 0.0345 e. The lowest BCUT2D eigenvalue weighted by molar-refractivity contribution is 0.124. The van der Waals surface area contributed by atoms with Crippen LogP contribution in [0.3, 0.4) is 0 Å². The summed E-state index contributed by atoms with van der Waals surface area (Å²) in [5.41, 5.74) is 2.92. The molecule has 0 amide bonds. The molecule has 0 spiro atoms. The first-order valence-electron chi connectivity index (χ1n) is 8.67. The standard InChI is InChI=1S/C19H32N2/c1-5-15-7-9-16(10-8-15)19(6-2)21(4)18-13-11-17(20-3)12-14-18/h7-10,17-20H,5-6,11-14H2,1-4H3. The third kappa shape index (κ3) is 4.08. The summed E-state index contributed by atoms with van der Waals surface area (Å²) in [7, 11) is 4.42. The van der Waals surface area contributed by atoms with Gasteiger partial charge in [0.2, 0.25) is 0 Å². The van der Waals surface area contributed by atoms with Gasteiger partial charge >= 0.3 is 0 Å². The van der Waals surface area contributed by atoms with E-state index in [0.29, 0.717) is 6.04 Å². The molecule has 1 unspecified atom stereocenters. The van der Waals surface area contributed by atoms with E-state index < -0.39 is 0 Å². The van der Waals surface area contributed by atoms with Crippen molar-refractivity contribution < 1.29 is 0 Å². The van der Waals surface area contributed by atoms with Gasteiger partial charge in [-0.05, 0) is 63.7 Å². The summed E-state index contributed by atoms with van der Waals surface area (Å²) in [5, 5.41) is 3.43.